The highest BCUT2D eigenvalue weighted by molar-refractivity contribution is 5.81. The molecule has 0 spiro atoms. The van der Waals surface area contributed by atoms with Crippen LogP contribution in [0.15, 0.2) is 4.99 Å². The zero-order valence-corrected chi connectivity index (χ0v) is 8.36. The monoisotopic (exact) mass is 208 g/mol. The summed E-state index contributed by atoms with van der Waals surface area (Å²) in [5.41, 5.74) is 4.79. The maximum Gasteiger partial charge on any atom is 0.392 e. The Morgan fingerprint density at radius 1 is 1.57 bits per heavy atom. The summed E-state index contributed by atoms with van der Waals surface area (Å²) < 4.78 is 37.5. The molecule has 0 aromatic carbocycles. The van der Waals surface area contributed by atoms with Gasteiger partial charge in [0, 0.05) is 6.42 Å². The molecular formula is C9H15F3N2. The molecule has 1 aliphatic heterocycles. The van der Waals surface area contributed by atoms with Crippen LogP contribution in [0.3, 0.4) is 0 Å². The van der Waals surface area contributed by atoms with Gasteiger partial charge in [0.25, 0.3) is 0 Å². The largest absolute Gasteiger partial charge is 0.392 e. The van der Waals surface area contributed by atoms with Crippen LogP contribution in [0.1, 0.15) is 33.1 Å². The van der Waals surface area contributed by atoms with E-state index in [1.807, 2.05) is 6.92 Å². The number of rotatable bonds is 1. The van der Waals surface area contributed by atoms with E-state index in [9.17, 15) is 13.2 Å². The smallest absolute Gasteiger partial charge is 0.387 e. The molecule has 0 aliphatic carbocycles. The summed E-state index contributed by atoms with van der Waals surface area (Å²) in [6, 6.07) is 0. The van der Waals surface area contributed by atoms with Crippen molar-refractivity contribution in [2.75, 3.05) is 0 Å². The average molecular weight is 208 g/mol. The average Bonchev–Trinajstić information content (AvgIpc) is 2.01. The Bertz CT molecular complexity index is 247. The first-order chi connectivity index (χ1) is 6.27. The topological polar surface area (TPSA) is 38.4 Å². The van der Waals surface area contributed by atoms with Crippen molar-refractivity contribution in [3.8, 4) is 0 Å². The highest BCUT2D eigenvalue weighted by Gasteiger charge is 2.45. The summed E-state index contributed by atoms with van der Waals surface area (Å²) in [6.45, 7) is 3.55. The van der Waals surface area contributed by atoms with Gasteiger partial charge in [0.2, 0.25) is 0 Å². The van der Waals surface area contributed by atoms with Crippen LogP contribution in [0.2, 0.25) is 0 Å². The van der Waals surface area contributed by atoms with Crippen molar-refractivity contribution in [2.45, 2.75) is 44.8 Å². The fraction of sp³-hybridized carbons (Fsp3) is 0.889. The Morgan fingerprint density at radius 3 is 2.57 bits per heavy atom. The summed E-state index contributed by atoms with van der Waals surface area (Å²) in [5, 5.41) is 0. The van der Waals surface area contributed by atoms with Gasteiger partial charge in [-0.2, -0.15) is 13.2 Å². The molecule has 82 valence electrons. The number of amidine groups is 1. The van der Waals surface area contributed by atoms with E-state index in [0.29, 0.717) is 6.42 Å². The second-order valence-corrected chi connectivity index (χ2v) is 4.10. The van der Waals surface area contributed by atoms with Gasteiger partial charge in [0.15, 0.2) is 0 Å². The van der Waals surface area contributed by atoms with Crippen LogP contribution in [0.4, 0.5) is 13.2 Å². The molecule has 0 aromatic rings. The first-order valence-corrected chi connectivity index (χ1v) is 4.68. The second-order valence-electron chi connectivity index (χ2n) is 4.10. The lowest BCUT2D eigenvalue weighted by molar-refractivity contribution is -0.179. The van der Waals surface area contributed by atoms with E-state index in [1.165, 1.54) is 0 Å². The fourth-order valence-electron chi connectivity index (χ4n) is 1.75. The van der Waals surface area contributed by atoms with Crippen molar-refractivity contribution in [3.05, 3.63) is 0 Å². The third-order valence-corrected chi connectivity index (χ3v) is 2.78. The Hall–Kier alpha value is -0.740. The summed E-state index contributed by atoms with van der Waals surface area (Å²) in [5.74, 6) is -1.20. The second kappa shape index (κ2) is 3.44. The minimum Gasteiger partial charge on any atom is -0.387 e. The predicted octanol–water partition coefficient (Wildman–Crippen LogP) is 2.48. The molecule has 0 amide bonds. The van der Waals surface area contributed by atoms with E-state index in [4.69, 9.17) is 5.73 Å². The van der Waals surface area contributed by atoms with E-state index in [0.717, 1.165) is 0 Å². The molecule has 0 saturated carbocycles. The van der Waals surface area contributed by atoms with Gasteiger partial charge in [-0.25, -0.2) is 0 Å². The van der Waals surface area contributed by atoms with Crippen LogP contribution in [-0.4, -0.2) is 17.6 Å². The number of nitrogens with two attached hydrogens (primary N) is 1. The first-order valence-electron chi connectivity index (χ1n) is 4.68. The molecule has 0 saturated heterocycles. The predicted molar refractivity (Wildman–Crippen MR) is 49.1 cm³/mol. The maximum absolute atomic E-state index is 12.5. The third kappa shape index (κ3) is 2.39. The summed E-state index contributed by atoms with van der Waals surface area (Å²) >= 11 is 0. The maximum atomic E-state index is 12.5. The number of hydrogen-bond acceptors (Lipinski definition) is 2. The van der Waals surface area contributed by atoms with E-state index in [-0.39, 0.29) is 18.7 Å². The normalized spacial score (nSPS) is 34.1. The van der Waals surface area contributed by atoms with Crippen LogP contribution in [0, 0.1) is 5.92 Å². The molecule has 2 atom stereocenters. The van der Waals surface area contributed by atoms with Crippen LogP contribution in [0.5, 0.6) is 0 Å². The van der Waals surface area contributed by atoms with Gasteiger partial charge in [-0.1, -0.05) is 6.92 Å². The summed E-state index contributed by atoms with van der Waals surface area (Å²) in [4.78, 5) is 4.09. The first kappa shape index (κ1) is 11.3. The van der Waals surface area contributed by atoms with Crippen molar-refractivity contribution < 1.29 is 13.2 Å². The van der Waals surface area contributed by atoms with Crippen molar-refractivity contribution in [2.24, 2.45) is 16.6 Å². The van der Waals surface area contributed by atoms with Crippen LogP contribution in [-0.2, 0) is 0 Å². The molecule has 0 radical (unpaired) electrons. The standard InChI is InChI=1S/C9H15F3N2/c1-3-8(2)5-6(9(10,11)12)4-7(13)14-8/h6H,3-5H2,1-2H3,(H2,13,14). The van der Waals surface area contributed by atoms with Gasteiger partial charge in [0.05, 0.1) is 17.3 Å². The molecule has 1 heterocycles. The molecule has 0 bridgehead atoms. The zero-order valence-electron chi connectivity index (χ0n) is 8.36. The fourth-order valence-corrected chi connectivity index (χ4v) is 1.75. The number of nitrogens with zero attached hydrogens (tertiary/aromatic N) is 1. The van der Waals surface area contributed by atoms with Gasteiger partial charge >= 0.3 is 6.18 Å². The molecule has 2 nitrogen and oxygen atoms in total. The van der Waals surface area contributed by atoms with Crippen molar-refractivity contribution in [1.29, 1.82) is 0 Å². The molecule has 0 fully saturated rings. The van der Waals surface area contributed by atoms with Crippen molar-refractivity contribution in [1.82, 2.24) is 0 Å². The highest BCUT2D eigenvalue weighted by Crippen LogP contribution is 2.40. The molecule has 2 unspecified atom stereocenters. The van der Waals surface area contributed by atoms with E-state index in [1.54, 1.807) is 6.92 Å². The summed E-state index contributed by atoms with van der Waals surface area (Å²) in [7, 11) is 0. The van der Waals surface area contributed by atoms with Crippen LogP contribution >= 0.6 is 0 Å². The van der Waals surface area contributed by atoms with Gasteiger partial charge in [-0.3, -0.25) is 4.99 Å². The van der Waals surface area contributed by atoms with Gasteiger partial charge in [0.1, 0.15) is 0 Å². The number of halogens is 3. The lowest BCUT2D eigenvalue weighted by Gasteiger charge is -2.34. The van der Waals surface area contributed by atoms with E-state index in [2.05, 4.69) is 4.99 Å². The van der Waals surface area contributed by atoms with Gasteiger partial charge < -0.3 is 5.73 Å². The lowest BCUT2D eigenvalue weighted by Crippen LogP contribution is -2.41. The number of hydrogen-bond donors (Lipinski definition) is 1. The molecule has 1 rings (SSSR count). The zero-order chi connectivity index (χ0) is 11.0. The number of aliphatic imine (C=N–C) groups is 1. The third-order valence-electron chi connectivity index (χ3n) is 2.78. The number of alkyl halides is 3. The minimum atomic E-state index is -4.16. The van der Waals surface area contributed by atoms with Gasteiger partial charge in [-0.05, 0) is 19.8 Å². The lowest BCUT2D eigenvalue weighted by atomic mass is 9.82. The molecular weight excluding hydrogens is 193 g/mol. The summed E-state index contributed by atoms with van der Waals surface area (Å²) in [6.07, 6.45) is -3.68. The molecule has 0 aromatic heterocycles. The Morgan fingerprint density at radius 2 is 2.14 bits per heavy atom. The molecule has 14 heavy (non-hydrogen) atoms. The Balaban J connectivity index is 2.86. The van der Waals surface area contributed by atoms with Crippen molar-refractivity contribution >= 4 is 5.84 Å². The Kier molecular flexibility index (Phi) is 2.78. The van der Waals surface area contributed by atoms with E-state index >= 15 is 0 Å². The minimum absolute atomic E-state index is 0.0493. The SMILES string of the molecule is CCC1(C)CC(C(F)(F)F)CC(N)=N1. The molecule has 1 aliphatic rings. The van der Waals surface area contributed by atoms with Crippen LogP contribution in [0.25, 0.3) is 0 Å². The molecule has 2 N–H and O–H groups in total. The Labute approximate surface area is 81.4 Å². The highest BCUT2D eigenvalue weighted by atomic mass is 19.4. The van der Waals surface area contributed by atoms with Crippen molar-refractivity contribution in [3.63, 3.8) is 0 Å². The van der Waals surface area contributed by atoms with Crippen LogP contribution < -0.4 is 5.73 Å². The quantitative estimate of drug-likeness (QED) is 0.706. The van der Waals surface area contributed by atoms with Gasteiger partial charge in [-0.15, -0.1) is 0 Å². The van der Waals surface area contributed by atoms with E-state index < -0.39 is 17.6 Å². The molecule has 5 heteroatoms.